The summed E-state index contributed by atoms with van der Waals surface area (Å²) in [4.78, 5) is 30.2. The van der Waals surface area contributed by atoms with Crippen LogP contribution in [0.4, 0.5) is 0 Å². The number of aryl methyl sites for hydroxylation is 1. The molecule has 0 bridgehead atoms. The van der Waals surface area contributed by atoms with Gasteiger partial charge in [0.1, 0.15) is 6.54 Å². The summed E-state index contributed by atoms with van der Waals surface area (Å²) in [5.74, 6) is -0.213. The van der Waals surface area contributed by atoms with Gasteiger partial charge in [0.2, 0.25) is 5.91 Å². The highest BCUT2D eigenvalue weighted by Crippen LogP contribution is 2.41. The van der Waals surface area contributed by atoms with Crippen LogP contribution >= 0.6 is 0 Å². The summed E-state index contributed by atoms with van der Waals surface area (Å²) in [6, 6.07) is 15.6. The smallest absolute Gasteiger partial charge is 0.255 e. The summed E-state index contributed by atoms with van der Waals surface area (Å²) in [5, 5.41) is 4.12. The quantitative estimate of drug-likeness (QED) is 0.567. The van der Waals surface area contributed by atoms with Crippen molar-refractivity contribution in [1.82, 2.24) is 19.7 Å². The molecular weight excluding hydrogens is 416 g/mol. The first-order valence-electron chi connectivity index (χ1n) is 11.6. The number of nitrogens with one attached hydrogen (secondary N) is 1. The molecular formula is C26H30N4O3. The number of nitrogens with zero attached hydrogens (tertiary/aromatic N) is 3. The summed E-state index contributed by atoms with van der Waals surface area (Å²) in [7, 11) is 2.01. The standard InChI is InChI=1S/C26H30N4O3/c1-28-17-22(19-7-4-5-10-23(19)28)25-20-8-2-3-9-21(20)26(32)30(25)18-24(31)27-11-6-12-29-13-15-33-16-14-29/h2-5,7-10,17,25H,6,11-16,18H2,1H3,(H,27,31). The fraction of sp³-hybridized carbons (Fsp3) is 0.385. The molecule has 0 saturated carbocycles. The second-order valence-corrected chi connectivity index (χ2v) is 8.79. The number of para-hydroxylation sites is 1. The average molecular weight is 447 g/mol. The van der Waals surface area contributed by atoms with Crippen molar-refractivity contribution in [3.8, 4) is 0 Å². The molecule has 0 spiro atoms. The van der Waals surface area contributed by atoms with Gasteiger partial charge in [-0.15, -0.1) is 0 Å². The maximum atomic E-state index is 13.3. The fourth-order valence-electron chi connectivity index (χ4n) is 5.03. The Kier molecular flexibility index (Phi) is 6.15. The third-order valence-electron chi connectivity index (χ3n) is 6.67. The van der Waals surface area contributed by atoms with E-state index in [0.29, 0.717) is 12.1 Å². The molecule has 7 nitrogen and oxygen atoms in total. The minimum absolute atomic E-state index is 0.0406. The van der Waals surface area contributed by atoms with E-state index in [1.54, 1.807) is 4.90 Å². The first-order chi connectivity index (χ1) is 16.1. The van der Waals surface area contributed by atoms with Crippen LogP contribution in [0, 0.1) is 0 Å². The molecule has 1 N–H and O–H groups in total. The van der Waals surface area contributed by atoms with E-state index in [1.807, 2.05) is 43.4 Å². The van der Waals surface area contributed by atoms with Crippen LogP contribution in [-0.2, 0) is 16.6 Å². The predicted octanol–water partition coefficient (Wildman–Crippen LogP) is 2.56. The number of benzene rings is 2. The Hall–Kier alpha value is -3.16. The molecule has 5 rings (SSSR count). The molecule has 3 aromatic rings. The molecule has 7 heteroatoms. The number of aromatic nitrogens is 1. The molecule has 0 aliphatic carbocycles. The van der Waals surface area contributed by atoms with E-state index >= 15 is 0 Å². The number of fused-ring (bicyclic) bond motifs is 2. The van der Waals surface area contributed by atoms with Gasteiger partial charge < -0.3 is 19.5 Å². The lowest BCUT2D eigenvalue weighted by Gasteiger charge is -2.27. The number of carbonyl (C=O) groups excluding carboxylic acids is 2. The van der Waals surface area contributed by atoms with Gasteiger partial charge in [0.15, 0.2) is 0 Å². The zero-order valence-electron chi connectivity index (χ0n) is 19.0. The van der Waals surface area contributed by atoms with Crippen molar-refractivity contribution >= 4 is 22.7 Å². The van der Waals surface area contributed by atoms with Crippen LogP contribution in [0.3, 0.4) is 0 Å². The first-order valence-corrected chi connectivity index (χ1v) is 11.6. The van der Waals surface area contributed by atoms with Gasteiger partial charge in [-0.1, -0.05) is 36.4 Å². The Morgan fingerprint density at radius 1 is 1.06 bits per heavy atom. The average Bonchev–Trinajstić information content (AvgIpc) is 3.32. The van der Waals surface area contributed by atoms with Gasteiger partial charge in [0.05, 0.1) is 19.3 Å². The second-order valence-electron chi connectivity index (χ2n) is 8.79. The van der Waals surface area contributed by atoms with Gasteiger partial charge in [-0.2, -0.15) is 0 Å². The summed E-state index contributed by atoms with van der Waals surface area (Å²) < 4.78 is 7.46. The summed E-state index contributed by atoms with van der Waals surface area (Å²) in [6.45, 7) is 5.03. The van der Waals surface area contributed by atoms with Crippen LogP contribution in [0.25, 0.3) is 10.9 Å². The molecule has 2 aromatic carbocycles. The second kappa shape index (κ2) is 9.37. The molecule has 3 heterocycles. The number of hydrogen-bond donors (Lipinski definition) is 1. The molecule has 1 aromatic heterocycles. The van der Waals surface area contributed by atoms with Crippen molar-refractivity contribution in [3.05, 3.63) is 71.4 Å². The monoisotopic (exact) mass is 446 g/mol. The Bertz CT molecular complexity index is 1170. The van der Waals surface area contributed by atoms with Crippen LogP contribution in [-0.4, -0.2) is 72.1 Å². The molecule has 0 radical (unpaired) electrons. The van der Waals surface area contributed by atoms with E-state index in [2.05, 4.69) is 33.1 Å². The molecule has 1 saturated heterocycles. The topological polar surface area (TPSA) is 66.8 Å². The third kappa shape index (κ3) is 4.26. The fourth-order valence-corrected chi connectivity index (χ4v) is 5.03. The Morgan fingerprint density at radius 2 is 1.82 bits per heavy atom. The number of hydrogen-bond acceptors (Lipinski definition) is 4. The van der Waals surface area contributed by atoms with Gasteiger partial charge >= 0.3 is 0 Å². The van der Waals surface area contributed by atoms with Crippen molar-refractivity contribution in [1.29, 1.82) is 0 Å². The van der Waals surface area contributed by atoms with Gasteiger partial charge in [0, 0.05) is 54.9 Å². The van der Waals surface area contributed by atoms with Crippen LogP contribution in [0.2, 0.25) is 0 Å². The highest BCUT2D eigenvalue weighted by Gasteiger charge is 2.39. The zero-order chi connectivity index (χ0) is 22.8. The maximum Gasteiger partial charge on any atom is 0.255 e. The Labute approximate surface area is 193 Å². The normalized spacial score (nSPS) is 18.6. The summed E-state index contributed by atoms with van der Waals surface area (Å²) >= 11 is 0. The minimum Gasteiger partial charge on any atom is -0.379 e. The van der Waals surface area contributed by atoms with Crippen molar-refractivity contribution in [2.75, 3.05) is 45.9 Å². The van der Waals surface area contributed by atoms with Crippen LogP contribution in [0.15, 0.2) is 54.7 Å². The Morgan fingerprint density at radius 3 is 2.67 bits per heavy atom. The number of carbonyl (C=O) groups is 2. The molecule has 1 atom stereocenters. The van der Waals surface area contributed by atoms with E-state index < -0.39 is 0 Å². The number of morpholine rings is 1. The molecule has 2 aliphatic heterocycles. The van der Waals surface area contributed by atoms with E-state index in [4.69, 9.17) is 4.74 Å². The maximum absolute atomic E-state index is 13.3. The van der Waals surface area contributed by atoms with Gasteiger partial charge in [-0.25, -0.2) is 0 Å². The van der Waals surface area contributed by atoms with Crippen LogP contribution < -0.4 is 5.32 Å². The van der Waals surface area contributed by atoms with Gasteiger partial charge in [-0.3, -0.25) is 14.5 Å². The van der Waals surface area contributed by atoms with E-state index in [1.165, 1.54) is 0 Å². The van der Waals surface area contributed by atoms with Crippen molar-refractivity contribution in [3.63, 3.8) is 0 Å². The van der Waals surface area contributed by atoms with Gasteiger partial charge in [-0.05, 0) is 30.7 Å². The van der Waals surface area contributed by atoms with Crippen molar-refractivity contribution in [2.24, 2.45) is 7.05 Å². The third-order valence-corrected chi connectivity index (χ3v) is 6.67. The lowest BCUT2D eigenvalue weighted by atomic mass is 9.97. The highest BCUT2D eigenvalue weighted by atomic mass is 16.5. The highest BCUT2D eigenvalue weighted by molar-refractivity contribution is 6.02. The lowest BCUT2D eigenvalue weighted by molar-refractivity contribution is -0.122. The Balaban J connectivity index is 1.32. The molecule has 1 unspecified atom stereocenters. The van der Waals surface area contributed by atoms with Crippen LogP contribution in [0.5, 0.6) is 0 Å². The number of ether oxygens (including phenoxy) is 1. The summed E-state index contributed by atoms with van der Waals surface area (Å²) in [6.07, 6.45) is 2.96. The predicted molar refractivity (Wildman–Crippen MR) is 127 cm³/mol. The van der Waals surface area contributed by atoms with E-state index in [9.17, 15) is 9.59 Å². The first kappa shape index (κ1) is 21.7. The molecule has 33 heavy (non-hydrogen) atoms. The zero-order valence-corrected chi connectivity index (χ0v) is 19.0. The van der Waals surface area contributed by atoms with Gasteiger partial charge in [0.25, 0.3) is 5.91 Å². The SMILES string of the molecule is Cn1cc(C2c3ccccc3C(=O)N2CC(=O)NCCCN2CCOCC2)c2ccccc21. The van der Waals surface area contributed by atoms with Crippen molar-refractivity contribution < 1.29 is 14.3 Å². The molecule has 1 fully saturated rings. The number of rotatable bonds is 7. The van der Waals surface area contributed by atoms with Crippen molar-refractivity contribution in [2.45, 2.75) is 12.5 Å². The largest absolute Gasteiger partial charge is 0.379 e. The molecule has 2 aliphatic rings. The molecule has 2 amide bonds. The van der Waals surface area contributed by atoms with E-state index in [0.717, 1.165) is 61.3 Å². The lowest BCUT2D eigenvalue weighted by Crippen LogP contribution is -2.41. The minimum atomic E-state index is -0.279. The van der Waals surface area contributed by atoms with E-state index in [-0.39, 0.29) is 24.4 Å². The molecule has 172 valence electrons. The number of amides is 2. The summed E-state index contributed by atoms with van der Waals surface area (Å²) in [5.41, 5.74) is 3.79. The van der Waals surface area contributed by atoms with Crippen LogP contribution in [0.1, 0.15) is 33.9 Å².